The van der Waals surface area contributed by atoms with Crippen LogP contribution in [-0.2, 0) is 54.5 Å². The highest BCUT2D eigenvalue weighted by molar-refractivity contribution is 5.95. The average Bonchev–Trinajstić information content (AvgIpc) is 3.78. The van der Waals surface area contributed by atoms with Gasteiger partial charge in [-0.05, 0) is 56.1 Å². The Morgan fingerprint density at radius 2 is 1.45 bits per heavy atom. The molecule has 1 saturated carbocycles. The maximum absolute atomic E-state index is 14.1. The fourth-order valence-corrected chi connectivity index (χ4v) is 7.68. The lowest BCUT2D eigenvalue weighted by Gasteiger charge is -2.39. The number of aliphatic hydroxyl groups is 1. The predicted octanol–water partition coefficient (Wildman–Crippen LogP) is -3.05. The first-order valence-electron chi connectivity index (χ1n) is 21.6. The second kappa shape index (κ2) is 26.5. The van der Waals surface area contributed by atoms with Crippen molar-refractivity contribution in [1.82, 2.24) is 46.2 Å². The van der Waals surface area contributed by atoms with Crippen LogP contribution >= 0.6 is 0 Å². The van der Waals surface area contributed by atoms with Crippen LogP contribution in [0.15, 0.2) is 24.3 Å². The lowest BCUT2D eigenvalue weighted by atomic mass is 9.84. The largest absolute Gasteiger partial charge is 0.480 e. The summed E-state index contributed by atoms with van der Waals surface area (Å²) >= 11 is 0. The molecule has 0 bridgehead atoms. The summed E-state index contributed by atoms with van der Waals surface area (Å²) in [6.45, 7) is 1.27. The Kier molecular flexibility index (Phi) is 21.6. The molecular formula is C42H64N10O12. The SMILES string of the molecule is CCCN(CC(=O)N1CCC[C@H]1C(=O)NCC(=O)NCC(=O)N[C@@H](CO)C(=O)N(CC(=O)N(CC(=O)NCC(=O)O)[C@H]1CCCC[C@H]1C)Cc1ccccc1C)C(=O)CNC(=O)CN. The fraction of sp³-hybridized carbons (Fsp3) is 0.619. The standard InChI is InChI=1S/C42H64N10O12/c1-4-15-49(37(58)20-45-33(54)17-43)24-38(59)51-16-9-14-32(51)41(63)47-18-34(55)44-19-35(56)48-30(26-53)42(64)50(22-29-12-7-5-10-27(29)2)25-39(60)52(23-36(57)46-21-40(61)62)31-13-8-6-11-28(31)3/h5,7,10,12,28,30-32,53H,4,6,8-9,11,13-26,43H2,1-3H3,(H,44,55)(H,45,54)(H,46,57)(H,47,63)(H,48,56)(H,61,62)/t28-,30+,31+,32+/m1/s1. The van der Waals surface area contributed by atoms with E-state index in [1.165, 1.54) is 14.7 Å². The van der Waals surface area contributed by atoms with Gasteiger partial charge in [0.25, 0.3) is 0 Å². The molecule has 9 amide bonds. The molecule has 1 saturated heterocycles. The number of nitrogens with two attached hydrogens (primary N) is 1. The molecule has 354 valence electrons. The minimum absolute atomic E-state index is 0.00974. The van der Waals surface area contributed by atoms with Gasteiger partial charge in [-0.3, -0.25) is 47.9 Å². The summed E-state index contributed by atoms with van der Waals surface area (Å²) in [4.78, 5) is 134. The Balaban J connectivity index is 1.63. The number of hydrogen-bond donors (Lipinski definition) is 8. The summed E-state index contributed by atoms with van der Waals surface area (Å²) in [5.74, 6) is -7.13. The molecule has 0 aromatic heterocycles. The first-order valence-corrected chi connectivity index (χ1v) is 21.6. The number of likely N-dealkylation sites (tertiary alicyclic amines) is 1. The Labute approximate surface area is 372 Å². The van der Waals surface area contributed by atoms with Crippen molar-refractivity contribution in [2.75, 3.05) is 72.1 Å². The highest BCUT2D eigenvalue weighted by atomic mass is 16.4. The number of aliphatic carboxylic acids is 1. The first kappa shape index (κ1) is 52.2. The number of rotatable bonds is 24. The third-order valence-electron chi connectivity index (χ3n) is 11.2. The van der Waals surface area contributed by atoms with Crippen LogP contribution in [0.1, 0.15) is 69.9 Å². The number of carbonyl (C=O) groups is 10. The number of carboxylic acids is 1. The number of carbonyl (C=O) groups excluding carboxylic acids is 9. The van der Waals surface area contributed by atoms with Crippen molar-refractivity contribution >= 4 is 59.1 Å². The zero-order valence-electron chi connectivity index (χ0n) is 36.9. The highest BCUT2D eigenvalue weighted by Gasteiger charge is 2.37. The first-order chi connectivity index (χ1) is 30.5. The van der Waals surface area contributed by atoms with Gasteiger partial charge in [0.2, 0.25) is 53.2 Å². The van der Waals surface area contributed by atoms with E-state index in [1.807, 2.05) is 26.8 Å². The Morgan fingerprint density at radius 3 is 2.11 bits per heavy atom. The van der Waals surface area contributed by atoms with Crippen LogP contribution in [0, 0.1) is 12.8 Å². The number of aliphatic hydroxyl groups excluding tert-OH is 1. The lowest BCUT2D eigenvalue weighted by molar-refractivity contribution is -0.147. The zero-order chi connectivity index (χ0) is 47.3. The second-order valence-electron chi connectivity index (χ2n) is 16.0. The Hall–Kier alpha value is -6.16. The van der Waals surface area contributed by atoms with E-state index in [0.717, 1.165) is 29.7 Å². The molecule has 22 nitrogen and oxygen atoms in total. The van der Waals surface area contributed by atoms with Crippen molar-refractivity contribution in [3.8, 4) is 0 Å². The summed E-state index contributed by atoms with van der Waals surface area (Å²) in [5, 5.41) is 31.2. The van der Waals surface area contributed by atoms with Crippen LogP contribution in [0.25, 0.3) is 0 Å². The molecule has 22 heteroatoms. The van der Waals surface area contributed by atoms with Crippen molar-refractivity contribution in [3.05, 3.63) is 35.4 Å². The highest BCUT2D eigenvalue weighted by Crippen LogP contribution is 2.28. The van der Waals surface area contributed by atoms with Crippen molar-refractivity contribution in [3.63, 3.8) is 0 Å². The van der Waals surface area contributed by atoms with Gasteiger partial charge in [-0.15, -0.1) is 0 Å². The van der Waals surface area contributed by atoms with Crippen LogP contribution in [-0.4, -0.2) is 179 Å². The van der Waals surface area contributed by atoms with E-state index in [-0.39, 0.29) is 51.2 Å². The molecule has 1 heterocycles. The quantitative estimate of drug-likeness (QED) is 0.0512. The maximum atomic E-state index is 14.1. The van der Waals surface area contributed by atoms with Crippen LogP contribution in [0.4, 0.5) is 0 Å². The summed E-state index contributed by atoms with van der Waals surface area (Å²) < 4.78 is 0. The maximum Gasteiger partial charge on any atom is 0.322 e. The van der Waals surface area contributed by atoms with E-state index in [2.05, 4.69) is 26.6 Å². The smallest absolute Gasteiger partial charge is 0.322 e. The molecule has 1 aliphatic carbocycles. The lowest BCUT2D eigenvalue weighted by Crippen LogP contribution is -2.56. The number of aryl methyl sites for hydroxylation is 1. The minimum Gasteiger partial charge on any atom is -0.480 e. The van der Waals surface area contributed by atoms with Gasteiger partial charge in [0, 0.05) is 25.7 Å². The minimum atomic E-state index is -1.55. The molecule has 1 aliphatic heterocycles. The number of amides is 9. The van der Waals surface area contributed by atoms with Crippen LogP contribution < -0.4 is 32.3 Å². The van der Waals surface area contributed by atoms with Crippen molar-refractivity contribution in [2.45, 2.75) is 90.4 Å². The van der Waals surface area contributed by atoms with Gasteiger partial charge in [0.15, 0.2) is 0 Å². The normalized spacial score (nSPS) is 17.3. The molecule has 1 aromatic rings. The number of nitrogens with zero attached hydrogens (tertiary/aromatic N) is 4. The van der Waals surface area contributed by atoms with Gasteiger partial charge < -0.3 is 62.1 Å². The molecule has 1 aromatic carbocycles. The molecule has 2 aliphatic rings. The van der Waals surface area contributed by atoms with Gasteiger partial charge in [-0.1, -0.05) is 51.0 Å². The van der Waals surface area contributed by atoms with Gasteiger partial charge in [-0.25, -0.2) is 0 Å². The van der Waals surface area contributed by atoms with E-state index in [1.54, 1.807) is 18.2 Å². The van der Waals surface area contributed by atoms with Gasteiger partial charge in [-0.2, -0.15) is 0 Å². The van der Waals surface area contributed by atoms with Crippen molar-refractivity contribution in [2.24, 2.45) is 11.7 Å². The van der Waals surface area contributed by atoms with E-state index in [4.69, 9.17) is 10.8 Å². The van der Waals surface area contributed by atoms with E-state index >= 15 is 0 Å². The summed E-state index contributed by atoms with van der Waals surface area (Å²) in [7, 11) is 0. The number of hydrogen-bond acceptors (Lipinski definition) is 12. The molecule has 0 unspecified atom stereocenters. The third-order valence-corrected chi connectivity index (χ3v) is 11.2. The van der Waals surface area contributed by atoms with E-state index < -0.39 is 111 Å². The molecule has 4 atom stereocenters. The van der Waals surface area contributed by atoms with Crippen molar-refractivity contribution < 1.29 is 58.2 Å². The summed E-state index contributed by atoms with van der Waals surface area (Å²) in [5.41, 5.74) is 6.73. The van der Waals surface area contributed by atoms with Gasteiger partial charge in [0.05, 0.1) is 45.9 Å². The van der Waals surface area contributed by atoms with E-state index in [9.17, 15) is 53.1 Å². The zero-order valence-corrected chi connectivity index (χ0v) is 36.9. The van der Waals surface area contributed by atoms with Gasteiger partial charge >= 0.3 is 5.97 Å². The van der Waals surface area contributed by atoms with Crippen molar-refractivity contribution in [1.29, 1.82) is 0 Å². The molecule has 3 rings (SSSR count). The summed E-state index contributed by atoms with van der Waals surface area (Å²) in [6, 6.07) is 4.27. The second-order valence-corrected chi connectivity index (χ2v) is 16.0. The average molecular weight is 901 g/mol. The monoisotopic (exact) mass is 900 g/mol. The number of benzene rings is 1. The van der Waals surface area contributed by atoms with Gasteiger partial charge in [0.1, 0.15) is 25.2 Å². The third kappa shape index (κ3) is 16.5. The molecule has 0 spiro atoms. The van der Waals surface area contributed by atoms with Crippen LogP contribution in [0.2, 0.25) is 0 Å². The molecular weight excluding hydrogens is 837 g/mol. The molecule has 0 radical (unpaired) electrons. The van der Waals surface area contributed by atoms with E-state index in [0.29, 0.717) is 31.2 Å². The number of carboxylic acid groups (broad SMARTS) is 1. The van der Waals surface area contributed by atoms with Crippen LogP contribution in [0.5, 0.6) is 0 Å². The summed E-state index contributed by atoms with van der Waals surface area (Å²) in [6.07, 6.45) is 4.45. The Bertz CT molecular complexity index is 1850. The topological polar surface area (TPSA) is 310 Å². The predicted molar refractivity (Wildman–Crippen MR) is 229 cm³/mol. The van der Waals surface area contributed by atoms with Crippen LogP contribution in [0.3, 0.4) is 0 Å². The fourth-order valence-electron chi connectivity index (χ4n) is 7.68. The number of nitrogens with one attached hydrogen (secondary N) is 5. The molecule has 2 fully saturated rings. The molecule has 9 N–H and O–H groups in total. The molecule has 64 heavy (non-hydrogen) atoms. The Morgan fingerprint density at radius 1 is 0.781 bits per heavy atom.